The Hall–Kier alpha value is -1.76. The molecule has 1 fully saturated rings. The molecule has 0 atom stereocenters. The first kappa shape index (κ1) is 19.2. The number of hydrogen-bond acceptors (Lipinski definition) is 6. The van der Waals surface area contributed by atoms with Crippen molar-refractivity contribution < 1.29 is 0 Å². The van der Waals surface area contributed by atoms with Crippen LogP contribution in [0, 0.1) is 0 Å². The van der Waals surface area contributed by atoms with Gasteiger partial charge in [-0.2, -0.15) is 0 Å². The summed E-state index contributed by atoms with van der Waals surface area (Å²) in [5.74, 6) is 1.05. The zero-order chi connectivity index (χ0) is 19.8. The predicted molar refractivity (Wildman–Crippen MR) is 120 cm³/mol. The second-order valence-corrected chi connectivity index (χ2v) is 9.78. The third kappa shape index (κ3) is 3.86. The standard InChI is InChI=1S/C22H26ClN5S/c1-28(12-14-9-10-24-11-18(14)23)16-7-5-15(6-8-16)27-21-20-17-3-2-4-19(17)29-22(20)26-13-25-21/h9-11,13,15-16H,2-8,12H2,1H3,(H,25,26,27)/t15-,16-. The van der Waals surface area contributed by atoms with Crippen molar-refractivity contribution in [2.24, 2.45) is 0 Å². The minimum Gasteiger partial charge on any atom is -0.367 e. The molecule has 2 aliphatic rings. The van der Waals surface area contributed by atoms with Gasteiger partial charge in [0.05, 0.1) is 10.4 Å². The molecule has 0 amide bonds. The normalized spacial score (nSPS) is 21.6. The van der Waals surface area contributed by atoms with Gasteiger partial charge in [-0.05, 0) is 69.2 Å². The van der Waals surface area contributed by atoms with Gasteiger partial charge < -0.3 is 5.32 Å². The number of anilines is 1. The van der Waals surface area contributed by atoms with Gasteiger partial charge in [0.1, 0.15) is 17.0 Å². The lowest BCUT2D eigenvalue weighted by Gasteiger charge is -2.35. The van der Waals surface area contributed by atoms with Gasteiger partial charge in [-0.1, -0.05) is 11.6 Å². The fraction of sp³-hybridized carbons (Fsp3) is 0.500. The van der Waals surface area contributed by atoms with Crippen molar-refractivity contribution in [3.63, 3.8) is 0 Å². The topological polar surface area (TPSA) is 53.9 Å². The van der Waals surface area contributed by atoms with Crippen molar-refractivity contribution in [3.05, 3.63) is 45.8 Å². The Kier molecular flexibility index (Phi) is 5.41. The molecule has 0 radical (unpaired) electrons. The molecule has 0 bridgehead atoms. The summed E-state index contributed by atoms with van der Waals surface area (Å²) in [5, 5.41) is 5.81. The van der Waals surface area contributed by atoms with Crippen molar-refractivity contribution in [1.29, 1.82) is 0 Å². The minimum absolute atomic E-state index is 0.485. The highest BCUT2D eigenvalue weighted by Gasteiger charge is 2.26. The van der Waals surface area contributed by atoms with Crippen LogP contribution < -0.4 is 5.32 Å². The van der Waals surface area contributed by atoms with E-state index < -0.39 is 0 Å². The van der Waals surface area contributed by atoms with Crippen LogP contribution in [0.1, 0.15) is 48.1 Å². The van der Waals surface area contributed by atoms with Crippen molar-refractivity contribution in [1.82, 2.24) is 19.9 Å². The maximum Gasteiger partial charge on any atom is 0.138 e. The molecule has 0 aromatic carbocycles. The van der Waals surface area contributed by atoms with Crippen LogP contribution in [0.2, 0.25) is 5.02 Å². The second-order valence-electron chi connectivity index (χ2n) is 8.29. The number of aryl methyl sites for hydroxylation is 2. The van der Waals surface area contributed by atoms with Crippen LogP contribution in [0.3, 0.4) is 0 Å². The Morgan fingerprint density at radius 1 is 1.21 bits per heavy atom. The summed E-state index contributed by atoms with van der Waals surface area (Å²) >= 11 is 8.14. The highest BCUT2D eigenvalue weighted by molar-refractivity contribution is 7.19. The van der Waals surface area contributed by atoms with Crippen LogP contribution in [-0.4, -0.2) is 39.0 Å². The fourth-order valence-corrected chi connectivity index (χ4v) is 6.23. The molecule has 0 saturated heterocycles. The molecule has 1 N–H and O–H groups in total. The lowest BCUT2D eigenvalue weighted by Crippen LogP contribution is -2.38. The monoisotopic (exact) mass is 427 g/mol. The molecule has 5 nitrogen and oxygen atoms in total. The lowest BCUT2D eigenvalue weighted by molar-refractivity contribution is 0.179. The van der Waals surface area contributed by atoms with Crippen LogP contribution in [0.15, 0.2) is 24.8 Å². The van der Waals surface area contributed by atoms with Gasteiger partial charge in [0.2, 0.25) is 0 Å². The van der Waals surface area contributed by atoms with Crippen LogP contribution in [-0.2, 0) is 19.4 Å². The summed E-state index contributed by atoms with van der Waals surface area (Å²) in [4.78, 5) is 18.3. The van der Waals surface area contributed by atoms with E-state index >= 15 is 0 Å². The van der Waals surface area contributed by atoms with Gasteiger partial charge in [-0.25, -0.2) is 9.97 Å². The number of thiophene rings is 1. The second kappa shape index (κ2) is 8.17. The predicted octanol–water partition coefficient (Wildman–Crippen LogP) is 5.08. The summed E-state index contributed by atoms with van der Waals surface area (Å²) < 4.78 is 0. The van der Waals surface area contributed by atoms with Crippen LogP contribution in [0.5, 0.6) is 0 Å². The summed E-state index contributed by atoms with van der Waals surface area (Å²) in [7, 11) is 2.21. The molecule has 0 spiro atoms. The van der Waals surface area contributed by atoms with Gasteiger partial charge in [-0.15, -0.1) is 11.3 Å². The van der Waals surface area contributed by atoms with Crippen molar-refractivity contribution >= 4 is 39.0 Å². The number of pyridine rings is 1. The minimum atomic E-state index is 0.485. The van der Waals surface area contributed by atoms with Crippen molar-refractivity contribution in [3.8, 4) is 0 Å². The SMILES string of the molecule is CN(Cc1ccncc1Cl)[C@H]1CC[C@H](Nc2ncnc3sc4c(c23)CCC4)CC1. The van der Waals surface area contributed by atoms with Crippen LogP contribution >= 0.6 is 22.9 Å². The molecular weight excluding hydrogens is 402 g/mol. The molecule has 5 rings (SSSR count). The number of fused-ring (bicyclic) bond motifs is 3. The molecule has 3 aromatic heterocycles. The number of halogens is 1. The maximum atomic E-state index is 6.29. The zero-order valence-electron chi connectivity index (χ0n) is 16.7. The molecule has 152 valence electrons. The Balaban J connectivity index is 1.23. The molecule has 3 aromatic rings. The van der Waals surface area contributed by atoms with Gasteiger partial charge in [0, 0.05) is 35.9 Å². The van der Waals surface area contributed by atoms with E-state index in [2.05, 4.69) is 32.2 Å². The van der Waals surface area contributed by atoms with E-state index in [0.29, 0.717) is 12.1 Å². The van der Waals surface area contributed by atoms with Crippen LogP contribution in [0.25, 0.3) is 10.2 Å². The average molecular weight is 428 g/mol. The number of hydrogen-bond donors (Lipinski definition) is 1. The quantitative estimate of drug-likeness (QED) is 0.615. The first-order chi connectivity index (χ1) is 14.2. The van der Waals surface area contributed by atoms with Gasteiger partial charge in [-0.3, -0.25) is 9.88 Å². The third-order valence-corrected chi connectivity index (χ3v) is 7.98. The Morgan fingerprint density at radius 3 is 2.90 bits per heavy atom. The first-order valence-electron chi connectivity index (χ1n) is 10.5. The van der Waals surface area contributed by atoms with Crippen LogP contribution in [0.4, 0.5) is 5.82 Å². The summed E-state index contributed by atoms with van der Waals surface area (Å²) in [5.41, 5.74) is 2.65. The highest BCUT2D eigenvalue weighted by atomic mass is 35.5. The van der Waals surface area contributed by atoms with Crippen molar-refractivity contribution in [2.75, 3.05) is 12.4 Å². The van der Waals surface area contributed by atoms with Crippen molar-refractivity contribution in [2.45, 2.75) is 63.6 Å². The molecule has 7 heteroatoms. The number of aromatic nitrogens is 3. The van der Waals surface area contributed by atoms with Gasteiger partial charge in [0.15, 0.2) is 0 Å². The smallest absolute Gasteiger partial charge is 0.138 e. The van der Waals surface area contributed by atoms with E-state index in [9.17, 15) is 0 Å². The van der Waals surface area contributed by atoms with Gasteiger partial charge in [0.25, 0.3) is 0 Å². The molecule has 1 saturated carbocycles. The molecule has 3 heterocycles. The summed E-state index contributed by atoms with van der Waals surface area (Å²) in [6, 6.07) is 3.10. The largest absolute Gasteiger partial charge is 0.367 e. The third-order valence-electron chi connectivity index (χ3n) is 6.44. The first-order valence-corrected chi connectivity index (χ1v) is 11.7. The Bertz CT molecular complexity index is 1010. The lowest BCUT2D eigenvalue weighted by atomic mass is 9.90. The van der Waals surface area contributed by atoms with Gasteiger partial charge >= 0.3 is 0 Å². The molecular formula is C22H26ClN5S. The van der Waals surface area contributed by atoms with E-state index in [1.807, 2.05) is 23.6 Å². The average Bonchev–Trinajstić information content (AvgIpc) is 3.32. The highest BCUT2D eigenvalue weighted by Crippen LogP contribution is 2.39. The fourth-order valence-electron chi connectivity index (χ4n) is 4.82. The van der Waals surface area contributed by atoms with E-state index in [4.69, 9.17) is 11.6 Å². The van der Waals surface area contributed by atoms with E-state index in [1.54, 1.807) is 12.5 Å². The number of rotatable bonds is 5. The van der Waals surface area contributed by atoms with E-state index in [0.717, 1.165) is 40.6 Å². The number of nitrogens with zero attached hydrogens (tertiary/aromatic N) is 4. The maximum absolute atomic E-state index is 6.29. The van der Waals surface area contributed by atoms with E-state index in [-0.39, 0.29) is 0 Å². The molecule has 29 heavy (non-hydrogen) atoms. The zero-order valence-corrected chi connectivity index (χ0v) is 18.3. The molecule has 0 aliphatic heterocycles. The molecule has 0 unspecified atom stereocenters. The summed E-state index contributed by atoms with van der Waals surface area (Å²) in [6.45, 7) is 0.873. The molecule has 2 aliphatic carbocycles. The summed E-state index contributed by atoms with van der Waals surface area (Å²) in [6.07, 6.45) is 13.6. The number of nitrogens with one attached hydrogen (secondary N) is 1. The van der Waals surface area contributed by atoms with E-state index in [1.165, 1.54) is 47.9 Å². The Labute approximate surface area is 180 Å². The Morgan fingerprint density at radius 2 is 2.07 bits per heavy atom.